The van der Waals surface area contributed by atoms with Gasteiger partial charge in [-0.2, -0.15) is 0 Å². The number of hydrogen-bond donors (Lipinski definition) is 1. The Bertz CT molecular complexity index is 388. The fourth-order valence-electron chi connectivity index (χ4n) is 4.47. The van der Waals surface area contributed by atoms with Crippen LogP contribution in [0.2, 0.25) is 0 Å². The normalized spacial score (nSPS) is 11.5. The third-order valence-electron chi connectivity index (χ3n) is 6.65. The molecule has 2 heteroatoms. The molecule has 0 spiro atoms. The quantitative estimate of drug-likeness (QED) is 0.0997. The molecule has 0 rings (SSSR count). The van der Waals surface area contributed by atoms with Gasteiger partial charge in [0, 0.05) is 6.42 Å². The molecule has 190 valence electrons. The Morgan fingerprint density at radius 2 is 0.750 bits per heavy atom. The second-order valence-corrected chi connectivity index (χ2v) is 9.97. The molecule has 0 fully saturated rings. The van der Waals surface area contributed by atoms with Gasteiger partial charge in [-0.05, 0) is 32.1 Å². The summed E-state index contributed by atoms with van der Waals surface area (Å²) in [7, 11) is 0. The van der Waals surface area contributed by atoms with E-state index in [1.54, 1.807) is 0 Å². The van der Waals surface area contributed by atoms with Gasteiger partial charge in [0.05, 0.1) is 0 Å². The van der Waals surface area contributed by atoms with E-state index in [2.05, 4.69) is 19.1 Å². The van der Waals surface area contributed by atoms with E-state index in [-0.39, 0.29) is 0 Å². The van der Waals surface area contributed by atoms with Gasteiger partial charge in [0.25, 0.3) is 0 Å². The summed E-state index contributed by atoms with van der Waals surface area (Å²) < 4.78 is 0. The van der Waals surface area contributed by atoms with Gasteiger partial charge >= 0.3 is 5.97 Å². The smallest absolute Gasteiger partial charge is 0.303 e. The largest absolute Gasteiger partial charge is 0.481 e. The molecule has 32 heavy (non-hydrogen) atoms. The average molecular weight is 451 g/mol. The summed E-state index contributed by atoms with van der Waals surface area (Å²) in [5, 5.41) is 8.60. The van der Waals surface area contributed by atoms with Crippen LogP contribution in [0, 0.1) is 0 Å². The van der Waals surface area contributed by atoms with Gasteiger partial charge < -0.3 is 5.11 Å². The van der Waals surface area contributed by atoms with Crippen molar-refractivity contribution in [3.8, 4) is 0 Å². The van der Waals surface area contributed by atoms with Crippen molar-refractivity contribution in [2.75, 3.05) is 0 Å². The van der Waals surface area contributed by atoms with Gasteiger partial charge in [0.2, 0.25) is 0 Å². The van der Waals surface area contributed by atoms with E-state index in [9.17, 15) is 4.79 Å². The highest BCUT2D eigenvalue weighted by Gasteiger charge is 1.97. The summed E-state index contributed by atoms with van der Waals surface area (Å²) in [6.45, 7) is 2.29. The highest BCUT2D eigenvalue weighted by atomic mass is 16.4. The number of unbranched alkanes of at least 4 members (excludes halogenated alkanes) is 23. The molecule has 0 heterocycles. The van der Waals surface area contributed by atoms with E-state index in [1.165, 1.54) is 148 Å². The number of allylic oxidation sites excluding steroid dienone is 2. The standard InChI is InChI=1S/C30H58O2/c1-2-3-4-5-6-7-8-9-10-11-12-13-14-15-16-17-18-19-20-21-22-23-24-25-26-27-28-29-30(31)32/h11-12H,2-10,13-29H2,1H3,(H,31,32)/b12-11-. The lowest BCUT2D eigenvalue weighted by Gasteiger charge is -2.03. The molecule has 0 bridgehead atoms. The molecular weight excluding hydrogens is 392 g/mol. The zero-order valence-corrected chi connectivity index (χ0v) is 21.9. The number of carboxylic acids is 1. The third-order valence-corrected chi connectivity index (χ3v) is 6.65. The summed E-state index contributed by atoms with van der Waals surface area (Å²) >= 11 is 0. The number of carboxylic acid groups (broad SMARTS) is 1. The fourth-order valence-corrected chi connectivity index (χ4v) is 4.47. The van der Waals surface area contributed by atoms with Crippen LogP contribution in [0.4, 0.5) is 0 Å². The van der Waals surface area contributed by atoms with Crippen LogP contribution < -0.4 is 0 Å². The van der Waals surface area contributed by atoms with Crippen molar-refractivity contribution in [1.29, 1.82) is 0 Å². The molecule has 0 aliphatic rings. The molecule has 0 aromatic rings. The first-order valence-electron chi connectivity index (χ1n) is 14.6. The Labute approximate surface area is 202 Å². The maximum absolute atomic E-state index is 10.4. The molecule has 0 aliphatic carbocycles. The van der Waals surface area contributed by atoms with E-state index >= 15 is 0 Å². The van der Waals surface area contributed by atoms with Crippen LogP contribution in [-0.4, -0.2) is 11.1 Å². The maximum atomic E-state index is 10.4. The molecular formula is C30H58O2. The zero-order chi connectivity index (χ0) is 23.4. The Kier molecular flexibility index (Phi) is 27.5. The molecule has 0 radical (unpaired) electrons. The van der Waals surface area contributed by atoms with Crippen molar-refractivity contribution in [2.24, 2.45) is 0 Å². The molecule has 0 saturated heterocycles. The molecule has 2 nitrogen and oxygen atoms in total. The summed E-state index contributed by atoms with van der Waals surface area (Å²) in [6.07, 6.45) is 39.0. The summed E-state index contributed by atoms with van der Waals surface area (Å²) in [6, 6.07) is 0. The van der Waals surface area contributed by atoms with Gasteiger partial charge in [0.1, 0.15) is 0 Å². The molecule has 0 aromatic heterocycles. The first-order chi connectivity index (χ1) is 15.8. The van der Waals surface area contributed by atoms with Crippen LogP contribution in [0.5, 0.6) is 0 Å². The number of aliphatic carboxylic acids is 1. The van der Waals surface area contributed by atoms with Crippen LogP contribution >= 0.6 is 0 Å². The van der Waals surface area contributed by atoms with Crippen molar-refractivity contribution in [3.63, 3.8) is 0 Å². The first-order valence-corrected chi connectivity index (χ1v) is 14.6. The molecule has 1 N–H and O–H groups in total. The maximum Gasteiger partial charge on any atom is 0.303 e. The lowest BCUT2D eigenvalue weighted by Crippen LogP contribution is -1.93. The Morgan fingerprint density at radius 1 is 0.469 bits per heavy atom. The lowest BCUT2D eigenvalue weighted by atomic mass is 10.0. The Balaban J connectivity index is 3.07. The van der Waals surface area contributed by atoms with Crippen molar-refractivity contribution in [2.45, 2.75) is 174 Å². The topological polar surface area (TPSA) is 37.3 Å². The van der Waals surface area contributed by atoms with Crippen molar-refractivity contribution in [1.82, 2.24) is 0 Å². The predicted octanol–water partition coefficient (Wildman–Crippen LogP) is 10.8. The Hall–Kier alpha value is -0.790. The van der Waals surface area contributed by atoms with E-state index < -0.39 is 5.97 Å². The van der Waals surface area contributed by atoms with E-state index in [0.717, 1.165) is 12.8 Å². The van der Waals surface area contributed by atoms with Crippen molar-refractivity contribution in [3.05, 3.63) is 12.2 Å². The Morgan fingerprint density at radius 3 is 1.06 bits per heavy atom. The lowest BCUT2D eigenvalue weighted by molar-refractivity contribution is -0.137. The minimum atomic E-state index is -0.651. The predicted molar refractivity (Wildman–Crippen MR) is 142 cm³/mol. The second kappa shape index (κ2) is 28.2. The van der Waals surface area contributed by atoms with Crippen LogP contribution in [-0.2, 0) is 4.79 Å². The molecule has 0 amide bonds. The second-order valence-electron chi connectivity index (χ2n) is 9.97. The summed E-state index contributed by atoms with van der Waals surface area (Å²) in [5.74, 6) is -0.651. The van der Waals surface area contributed by atoms with Gasteiger partial charge in [-0.15, -0.1) is 0 Å². The average Bonchev–Trinajstić information content (AvgIpc) is 2.78. The molecule has 0 unspecified atom stereocenters. The van der Waals surface area contributed by atoms with Gasteiger partial charge in [0.15, 0.2) is 0 Å². The van der Waals surface area contributed by atoms with Crippen LogP contribution in [0.1, 0.15) is 174 Å². The molecule has 0 aliphatic heterocycles. The summed E-state index contributed by atoms with van der Waals surface area (Å²) in [5.41, 5.74) is 0. The van der Waals surface area contributed by atoms with Crippen LogP contribution in [0.3, 0.4) is 0 Å². The van der Waals surface area contributed by atoms with Crippen molar-refractivity contribution >= 4 is 5.97 Å². The van der Waals surface area contributed by atoms with Crippen LogP contribution in [0.25, 0.3) is 0 Å². The first kappa shape index (κ1) is 31.2. The fraction of sp³-hybridized carbons (Fsp3) is 0.900. The third kappa shape index (κ3) is 29.2. The monoisotopic (exact) mass is 450 g/mol. The van der Waals surface area contributed by atoms with E-state index in [4.69, 9.17) is 5.11 Å². The van der Waals surface area contributed by atoms with Gasteiger partial charge in [-0.3, -0.25) is 4.79 Å². The SMILES string of the molecule is CCCCCCCCCC/C=C\CCCCCCCCCCCCCCCCCC(=O)O. The van der Waals surface area contributed by atoms with E-state index in [1.807, 2.05) is 0 Å². The number of carbonyl (C=O) groups is 1. The van der Waals surface area contributed by atoms with Crippen molar-refractivity contribution < 1.29 is 9.90 Å². The zero-order valence-electron chi connectivity index (χ0n) is 21.9. The molecule has 0 saturated carbocycles. The molecule has 0 aromatic carbocycles. The molecule has 0 atom stereocenters. The van der Waals surface area contributed by atoms with E-state index in [0.29, 0.717) is 6.42 Å². The summed E-state index contributed by atoms with van der Waals surface area (Å²) in [4.78, 5) is 10.4. The van der Waals surface area contributed by atoms with Gasteiger partial charge in [-0.1, -0.05) is 147 Å². The minimum Gasteiger partial charge on any atom is -0.481 e. The highest BCUT2D eigenvalue weighted by Crippen LogP contribution is 2.14. The van der Waals surface area contributed by atoms with Gasteiger partial charge in [-0.25, -0.2) is 0 Å². The van der Waals surface area contributed by atoms with Crippen LogP contribution in [0.15, 0.2) is 12.2 Å². The number of rotatable bonds is 27. The highest BCUT2D eigenvalue weighted by molar-refractivity contribution is 5.66. The number of hydrogen-bond acceptors (Lipinski definition) is 1. The minimum absolute atomic E-state index is 0.344.